The van der Waals surface area contributed by atoms with E-state index in [0.29, 0.717) is 28.2 Å². The molecular weight excluding hydrogens is 602 g/mol. The zero-order valence-corrected chi connectivity index (χ0v) is 23.9. The predicted octanol–water partition coefficient (Wildman–Crippen LogP) is 4.95. The normalized spacial score (nSPS) is 12.0. The number of nitro benzene ring substituents is 2. The Morgan fingerprint density at radius 3 is 2.33 bits per heavy atom. The molecule has 0 saturated heterocycles. The molecule has 0 aromatic heterocycles. The first-order valence-corrected chi connectivity index (χ1v) is 13.3. The number of ether oxygens (including phenoxy) is 4. The molecule has 4 aromatic carbocycles. The number of non-ortho nitro benzene ring substituents is 1. The molecule has 1 aliphatic rings. The monoisotopic (exact) mass is 625 g/mol. The molecule has 0 bridgehead atoms. The van der Waals surface area contributed by atoms with E-state index in [-0.39, 0.29) is 29.7 Å². The molecule has 0 saturated carbocycles. The number of nitrogens with one attached hydrogen (secondary N) is 2. The lowest BCUT2D eigenvalue weighted by Crippen LogP contribution is -2.32. The fourth-order valence-corrected chi connectivity index (χ4v) is 4.15. The molecule has 232 valence electrons. The molecule has 46 heavy (non-hydrogen) atoms. The number of hydrogen-bond donors (Lipinski definition) is 2. The topological polar surface area (TPSA) is 194 Å². The lowest BCUT2D eigenvalue weighted by molar-refractivity contribution is -0.394. The Balaban J connectivity index is 1.33. The molecule has 2 amide bonds. The fourth-order valence-electron chi connectivity index (χ4n) is 4.15. The number of fused-ring (bicyclic) bond motifs is 1. The third kappa shape index (κ3) is 7.23. The van der Waals surface area contributed by atoms with E-state index in [1.807, 2.05) is 0 Å². The third-order valence-electron chi connectivity index (χ3n) is 6.37. The number of hydrogen-bond acceptors (Lipinski definition) is 11. The lowest BCUT2D eigenvalue weighted by Gasteiger charge is -2.11. The maximum absolute atomic E-state index is 13.2. The second-order valence-electron chi connectivity index (χ2n) is 9.37. The molecule has 0 radical (unpaired) electrons. The first kappa shape index (κ1) is 30.7. The Morgan fingerprint density at radius 2 is 1.59 bits per heavy atom. The lowest BCUT2D eigenvalue weighted by atomic mass is 10.1. The Morgan fingerprint density at radius 1 is 0.848 bits per heavy atom. The molecule has 0 fully saturated rings. The molecule has 0 atom stereocenters. The van der Waals surface area contributed by atoms with Gasteiger partial charge in [0.15, 0.2) is 23.0 Å². The second kappa shape index (κ2) is 13.7. The van der Waals surface area contributed by atoms with Crippen LogP contribution in [0.1, 0.15) is 21.5 Å². The second-order valence-corrected chi connectivity index (χ2v) is 9.37. The highest BCUT2D eigenvalue weighted by Gasteiger charge is 2.22. The Labute approximate surface area is 260 Å². The molecule has 5 rings (SSSR count). The van der Waals surface area contributed by atoms with Gasteiger partial charge < -0.3 is 24.3 Å². The predicted molar refractivity (Wildman–Crippen MR) is 163 cm³/mol. The number of nitrogens with zero attached hydrogens (tertiary/aromatic N) is 3. The average Bonchev–Trinajstić information content (AvgIpc) is 3.53. The highest BCUT2D eigenvalue weighted by Crippen LogP contribution is 2.38. The van der Waals surface area contributed by atoms with Gasteiger partial charge in [-0.3, -0.25) is 29.8 Å². The van der Waals surface area contributed by atoms with Crippen LogP contribution in [-0.4, -0.2) is 41.8 Å². The molecule has 1 heterocycles. The molecule has 0 unspecified atom stereocenters. The summed E-state index contributed by atoms with van der Waals surface area (Å²) in [6, 6.07) is 20.8. The molecule has 0 spiro atoms. The number of carbonyl (C=O) groups excluding carboxylic acids is 2. The summed E-state index contributed by atoms with van der Waals surface area (Å²) >= 11 is 0. The van der Waals surface area contributed by atoms with Crippen LogP contribution in [0.2, 0.25) is 0 Å². The highest BCUT2D eigenvalue weighted by atomic mass is 16.7. The standard InChI is InChI=1S/C31H23N5O10/c1-43-28-15-20(8-11-27(28)46-25-12-9-22(35(39)40)16-24(25)36(41)42)17-32-34-31(38)23(33-30(37)21-5-3-2-4-6-21)13-19-7-10-26-29(14-19)45-18-44-26/h2-17H,18H2,1H3,(H,33,37)(H,34,38)/b23-13+,32-17-. The van der Waals surface area contributed by atoms with Crippen molar-refractivity contribution in [3.8, 4) is 28.7 Å². The van der Waals surface area contributed by atoms with Gasteiger partial charge in [0.1, 0.15) is 5.70 Å². The summed E-state index contributed by atoms with van der Waals surface area (Å²) in [7, 11) is 1.35. The van der Waals surface area contributed by atoms with Gasteiger partial charge in [-0.15, -0.1) is 0 Å². The van der Waals surface area contributed by atoms with Crippen LogP contribution >= 0.6 is 0 Å². The van der Waals surface area contributed by atoms with E-state index in [9.17, 15) is 29.8 Å². The van der Waals surface area contributed by atoms with Crippen LogP contribution in [0.5, 0.6) is 28.7 Å². The smallest absolute Gasteiger partial charge is 0.318 e. The van der Waals surface area contributed by atoms with Crippen molar-refractivity contribution < 1.29 is 38.4 Å². The van der Waals surface area contributed by atoms with Crippen molar-refractivity contribution in [2.75, 3.05) is 13.9 Å². The maximum Gasteiger partial charge on any atom is 0.318 e. The van der Waals surface area contributed by atoms with E-state index in [1.165, 1.54) is 37.6 Å². The molecule has 2 N–H and O–H groups in total. The van der Waals surface area contributed by atoms with Crippen molar-refractivity contribution in [2.45, 2.75) is 0 Å². The minimum absolute atomic E-state index is 0.0736. The van der Waals surface area contributed by atoms with E-state index in [0.717, 1.165) is 18.2 Å². The van der Waals surface area contributed by atoms with Gasteiger partial charge in [0, 0.05) is 11.6 Å². The van der Waals surface area contributed by atoms with Crippen LogP contribution in [0.4, 0.5) is 11.4 Å². The number of methoxy groups -OCH3 is 1. The summed E-state index contributed by atoms with van der Waals surface area (Å²) in [4.78, 5) is 47.0. The summed E-state index contributed by atoms with van der Waals surface area (Å²) in [6.07, 6.45) is 2.76. The van der Waals surface area contributed by atoms with Crippen molar-refractivity contribution >= 4 is 35.5 Å². The first-order valence-electron chi connectivity index (χ1n) is 13.3. The summed E-state index contributed by atoms with van der Waals surface area (Å²) in [6.45, 7) is 0.0736. The van der Waals surface area contributed by atoms with Crippen molar-refractivity contribution in [1.29, 1.82) is 0 Å². The minimum atomic E-state index is -0.796. The average molecular weight is 626 g/mol. The van der Waals surface area contributed by atoms with Gasteiger partial charge in [0.05, 0.1) is 29.2 Å². The first-order chi connectivity index (χ1) is 22.2. The molecule has 4 aromatic rings. The van der Waals surface area contributed by atoms with E-state index in [2.05, 4.69) is 15.8 Å². The molecule has 1 aliphatic heterocycles. The van der Waals surface area contributed by atoms with Crippen molar-refractivity contribution in [3.05, 3.63) is 128 Å². The van der Waals surface area contributed by atoms with Gasteiger partial charge in [0.25, 0.3) is 17.5 Å². The largest absolute Gasteiger partial charge is 0.493 e. The van der Waals surface area contributed by atoms with Crippen LogP contribution in [0.15, 0.2) is 95.7 Å². The molecule has 15 nitrogen and oxygen atoms in total. The summed E-state index contributed by atoms with van der Waals surface area (Å²) in [5.41, 5.74) is 2.54. The number of benzene rings is 4. The zero-order valence-electron chi connectivity index (χ0n) is 23.9. The Hall–Kier alpha value is -6.77. The summed E-state index contributed by atoms with van der Waals surface area (Å²) in [5, 5.41) is 29.1. The Bertz CT molecular complexity index is 1890. The van der Waals surface area contributed by atoms with Crippen LogP contribution in [0.3, 0.4) is 0 Å². The molecule has 15 heteroatoms. The minimum Gasteiger partial charge on any atom is -0.493 e. The zero-order chi connectivity index (χ0) is 32.6. The SMILES string of the molecule is COc1cc(/C=N\NC(=O)/C(=C\c2ccc3c(c2)OCO3)NC(=O)c2ccccc2)ccc1Oc1ccc([N+](=O)[O-])cc1[N+](=O)[O-]. The summed E-state index contributed by atoms with van der Waals surface area (Å²) < 4.78 is 21.7. The van der Waals surface area contributed by atoms with Crippen molar-refractivity contribution in [2.24, 2.45) is 5.10 Å². The van der Waals surface area contributed by atoms with Gasteiger partial charge in [-0.25, -0.2) is 5.43 Å². The van der Waals surface area contributed by atoms with E-state index >= 15 is 0 Å². The van der Waals surface area contributed by atoms with Gasteiger partial charge in [-0.1, -0.05) is 24.3 Å². The van der Waals surface area contributed by atoms with Gasteiger partial charge >= 0.3 is 5.69 Å². The van der Waals surface area contributed by atoms with Crippen LogP contribution in [0, 0.1) is 20.2 Å². The maximum atomic E-state index is 13.2. The van der Waals surface area contributed by atoms with E-state index in [1.54, 1.807) is 48.5 Å². The third-order valence-corrected chi connectivity index (χ3v) is 6.37. The quantitative estimate of drug-likeness (QED) is 0.0996. The van der Waals surface area contributed by atoms with Crippen LogP contribution < -0.4 is 29.7 Å². The van der Waals surface area contributed by atoms with E-state index < -0.39 is 33.0 Å². The summed E-state index contributed by atoms with van der Waals surface area (Å²) in [5.74, 6) is -0.193. The number of hydrazone groups is 1. The van der Waals surface area contributed by atoms with Gasteiger partial charge in [-0.05, 0) is 65.7 Å². The fraction of sp³-hybridized carbons (Fsp3) is 0.0645. The van der Waals surface area contributed by atoms with Crippen molar-refractivity contribution in [1.82, 2.24) is 10.7 Å². The van der Waals surface area contributed by atoms with Crippen LogP contribution in [-0.2, 0) is 4.79 Å². The molecular formula is C31H23N5O10. The highest BCUT2D eigenvalue weighted by molar-refractivity contribution is 6.05. The van der Waals surface area contributed by atoms with E-state index in [4.69, 9.17) is 18.9 Å². The van der Waals surface area contributed by atoms with Crippen LogP contribution in [0.25, 0.3) is 6.08 Å². The molecule has 0 aliphatic carbocycles. The van der Waals surface area contributed by atoms with Gasteiger partial charge in [0.2, 0.25) is 12.5 Å². The number of rotatable bonds is 11. The Kier molecular flexibility index (Phi) is 9.13. The number of carbonyl (C=O) groups is 2. The number of amides is 2. The van der Waals surface area contributed by atoms with Crippen molar-refractivity contribution in [3.63, 3.8) is 0 Å². The number of nitro groups is 2. The van der Waals surface area contributed by atoms with Gasteiger partial charge in [-0.2, -0.15) is 5.10 Å².